The van der Waals surface area contributed by atoms with E-state index in [0.717, 1.165) is 13.2 Å². The Morgan fingerprint density at radius 3 is 2.20 bits per heavy atom. The summed E-state index contributed by atoms with van der Waals surface area (Å²) in [5, 5.41) is 0. The molecule has 0 aliphatic rings. The normalized spacial score (nSPS) is 9.00. The van der Waals surface area contributed by atoms with Crippen molar-refractivity contribution in [3.8, 4) is 0 Å². The van der Waals surface area contributed by atoms with Crippen molar-refractivity contribution < 1.29 is 26.5 Å². The van der Waals surface area contributed by atoms with Crippen molar-refractivity contribution in [2.75, 3.05) is 13.2 Å². The molecule has 60 valence electrons. The molecule has 0 unspecified atom stereocenters. The van der Waals surface area contributed by atoms with E-state index < -0.39 is 0 Å². The van der Waals surface area contributed by atoms with E-state index >= 15 is 0 Å². The second-order valence-electron chi connectivity index (χ2n) is 2.26. The summed E-state index contributed by atoms with van der Waals surface area (Å²) < 4.78 is 5.18. The molecule has 1 nitrogen and oxygen atoms in total. The zero-order valence-electron chi connectivity index (χ0n) is 7.15. The van der Waals surface area contributed by atoms with Crippen LogP contribution in [0.25, 0.3) is 0 Å². The smallest absolute Gasteiger partial charge is 0.0465 e. The molecule has 0 atom stereocenters. The van der Waals surface area contributed by atoms with E-state index in [-0.39, 0.29) is 21.7 Å². The minimum absolute atomic E-state index is 0. The second kappa shape index (κ2) is 12.4. The van der Waals surface area contributed by atoms with Crippen LogP contribution in [0.1, 0.15) is 39.5 Å². The molecule has 0 aromatic rings. The van der Waals surface area contributed by atoms with Crippen LogP contribution in [0.4, 0.5) is 0 Å². The van der Waals surface area contributed by atoms with Gasteiger partial charge < -0.3 is 4.74 Å². The van der Waals surface area contributed by atoms with Gasteiger partial charge in [-0.15, -0.1) is 0 Å². The number of rotatable bonds is 6. The fraction of sp³-hybridized carbons (Fsp3) is 1.00. The monoisotopic (exact) mass is 178 g/mol. The van der Waals surface area contributed by atoms with E-state index in [2.05, 4.69) is 6.92 Å². The maximum Gasteiger partial charge on any atom is 0.0465 e. The summed E-state index contributed by atoms with van der Waals surface area (Å²) >= 11 is 0. The fourth-order valence-corrected chi connectivity index (χ4v) is 0.775. The van der Waals surface area contributed by atoms with Gasteiger partial charge in [0.25, 0.3) is 0 Å². The van der Waals surface area contributed by atoms with E-state index in [0.29, 0.717) is 0 Å². The molecular formula is C8H18OTi. The molecule has 0 heterocycles. The molecule has 10 heavy (non-hydrogen) atoms. The van der Waals surface area contributed by atoms with Crippen molar-refractivity contribution in [1.82, 2.24) is 0 Å². The van der Waals surface area contributed by atoms with E-state index in [9.17, 15) is 0 Å². The SMILES string of the molecule is CCCCCCOCC.[Ti]. The Balaban J connectivity index is 0. The van der Waals surface area contributed by atoms with Crippen LogP contribution in [0.3, 0.4) is 0 Å². The average Bonchev–Trinajstić information content (AvgIpc) is 1.89. The zero-order chi connectivity index (χ0) is 6.95. The molecule has 0 spiro atoms. The predicted molar refractivity (Wildman–Crippen MR) is 40.6 cm³/mol. The van der Waals surface area contributed by atoms with Crippen LogP contribution in [-0.4, -0.2) is 13.2 Å². The first kappa shape index (κ1) is 13.3. The Labute approximate surface area is 79.4 Å². The third-order valence-electron chi connectivity index (χ3n) is 1.35. The maximum atomic E-state index is 5.18. The predicted octanol–water partition coefficient (Wildman–Crippen LogP) is 2.60. The van der Waals surface area contributed by atoms with Crippen molar-refractivity contribution in [3.05, 3.63) is 0 Å². The minimum atomic E-state index is 0. The molecule has 0 aliphatic heterocycles. The summed E-state index contributed by atoms with van der Waals surface area (Å²) in [6, 6.07) is 0. The van der Waals surface area contributed by atoms with Crippen LogP contribution in [0.5, 0.6) is 0 Å². The summed E-state index contributed by atoms with van der Waals surface area (Å²) in [5.74, 6) is 0. The molecule has 0 aliphatic carbocycles. The summed E-state index contributed by atoms with van der Waals surface area (Å²) in [5.41, 5.74) is 0. The molecule has 0 saturated heterocycles. The number of hydrogen-bond acceptors (Lipinski definition) is 1. The van der Waals surface area contributed by atoms with Crippen molar-refractivity contribution >= 4 is 0 Å². The van der Waals surface area contributed by atoms with E-state index in [1.54, 1.807) is 0 Å². The van der Waals surface area contributed by atoms with Gasteiger partial charge >= 0.3 is 0 Å². The van der Waals surface area contributed by atoms with Gasteiger partial charge in [0.1, 0.15) is 0 Å². The summed E-state index contributed by atoms with van der Waals surface area (Å²) in [6.07, 6.45) is 5.23. The number of ether oxygens (including phenoxy) is 1. The van der Waals surface area contributed by atoms with Crippen molar-refractivity contribution in [3.63, 3.8) is 0 Å². The van der Waals surface area contributed by atoms with E-state index in [1.165, 1.54) is 25.7 Å². The molecule has 0 fully saturated rings. The second-order valence-corrected chi connectivity index (χ2v) is 2.26. The van der Waals surface area contributed by atoms with Crippen molar-refractivity contribution in [2.45, 2.75) is 39.5 Å². The van der Waals surface area contributed by atoms with Crippen LogP contribution < -0.4 is 0 Å². The zero-order valence-corrected chi connectivity index (χ0v) is 8.71. The third kappa shape index (κ3) is 11.5. The Bertz CT molecular complexity index is 42.5. The molecular weight excluding hydrogens is 160 g/mol. The molecule has 0 saturated carbocycles. The van der Waals surface area contributed by atoms with Gasteiger partial charge in [-0.3, -0.25) is 0 Å². The van der Waals surface area contributed by atoms with Gasteiger partial charge in [0.2, 0.25) is 0 Å². The van der Waals surface area contributed by atoms with Crippen LogP contribution in [-0.2, 0) is 26.5 Å². The van der Waals surface area contributed by atoms with Crippen LogP contribution in [0.15, 0.2) is 0 Å². The molecule has 0 N–H and O–H groups in total. The largest absolute Gasteiger partial charge is 0.382 e. The van der Waals surface area contributed by atoms with Gasteiger partial charge in [-0.05, 0) is 13.3 Å². The number of hydrogen-bond donors (Lipinski definition) is 0. The Kier molecular flexibility index (Phi) is 16.4. The summed E-state index contributed by atoms with van der Waals surface area (Å²) in [6.45, 7) is 6.09. The van der Waals surface area contributed by atoms with Crippen LogP contribution >= 0.6 is 0 Å². The van der Waals surface area contributed by atoms with Gasteiger partial charge in [0.15, 0.2) is 0 Å². The first-order valence-electron chi connectivity index (χ1n) is 3.99. The minimum Gasteiger partial charge on any atom is -0.382 e. The van der Waals surface area contributed by atoms with Crippen molar-refractivity contribution in [2.24, 2.45) is 0 Å². The van der Waals surface area contributed by atoms with Crippen molar-refractivity contribution in [1.29, 1.82) is 0 Å². The van der Waals surface area contributed by atoms with Gasteiger partial charge in [-0.2, -0.15) is 0 Å². The molecule has 0 radical (unpaired) electrons. The van der Waals surface area contributed by atoms with Gasteiger partial charge in [-0.1, -0.05) is 26.2 Å². The summed E-state index contributed by atoms with van der Waals surface area (Å²) in [4.78, 5) is 0. The maximum absolute atomic E-state index is 5.18. The Morgan fingerprint density at radius 1 is 1.00 bits per heavy atom. The standard InChI is InChI=1S/C8H18O.Ti/c1-3-5-6-7-8-9-4-2;/h3-8H2,1-2H3;. The topological polar surface area (TPSA) is 9.23 Å². The van der Waals surface area contributed by atoms with Gasteiger partial charge in [0, 0.05) is 34.9 Å². The Morgan fingerprint density at radius 2 is 1.70 bits per heavy atom. The van der Waals surface area contributed by atoms with E-state index in [1.807, 2.05) is 6.92 Å². The van der Waals surface area contributed by atoms with E-state index in [4.69, 9.17) is 4.74 Å². The van der Waals surface area contributed by atoms with Crippen LogP contribution in [0.2, 0.25) is 0 Å². The quantitative estimate of drug-likeness (QED) is 0.448. The molecule has 2 heteroatoms. The molecule has 0 aromatic heterocycles. The van der Waals surface area contributed by atoms with Gasteiger partial charge in [0.05, 0.1) is 0 Å². The summed E-state index contributed by atoms with van der Waals surface area (Å²) in [7, 11) is 0. The van der Waals surface area contributed by atoms with Crippen LogP contribution in [0, 0.1) is 0 Å². The molecule has 0 aromatic carbocycles. The number of unbranched alkanes of at least 4 members (excludes halogenated alkanes) is 3. The molecule has 0 bridgehead atoms. The first-order chi connectivity index (χ1) is 4.41. The average molecular weight is 178 g/mol. The van der Waals surface area contributed by atoms with Gasteiger partial charge in [-0.25, -0.2) is 0 Å². The molecule has 0 rings (SSSR count). The fourth-order valence-electron chi connectivity index (χ4n) is 0.775. The Hall–Kier alpha value is 0.674. The third-order valence-corrected chi connectivity index (χ3v) is 1.35. The first-order valence-corrected chi connectivity index (χ1v) is 3.99. The molecule has 0 amide bonds.